The quantitative estimate of drug-likeness (QED) is 0.855. The number of methoxy groups -OCH3 is 1. The lowest BCUT2D eigenvalue weighted by molar-refractivity contribution is 0.102. The van der Waals surface area contributed by atoms with Crippen LogP contribution in [0.5, 0.6) is 5.75 Å². The van der Waals surface area contributed by atoms with Crippen LogP contribution >= 0.6 is 23.4 Å². The summed E-state index contributed by atoms with van der Waals surface area (Å²) in [6, 6.07) is 12.5. The van der Waals surface area contributed by atoms with Gasteiger partial charge in [-0.3, -0.25) is 4.79 Å². The molecule has 0 aliphatic rings. The molecule has 0 aromatic heterocycles. The maximum Gasteiger partial charge on any atom is 0.255 e. The number of halogens is 1. The lowest BCUT2D eigenvalue weighted by Crippen LogP contribution is -2.12. The number of thioether (sulfide) groups is 1. The molecule has 2 aromatic carbocycles. The van der Waals surface area contributed by atoms with Crippen LogP contribution in [0, 0.1) is 0 Å². The first-order valence-corrected chi connectivity index (χ1v) is 7.53. The van der Waals surface area contributed by atoms with E-state index in [0.717, 1.165) is 4.90 Å². The van der Waals surface area contributed by atoms with E-state index in [1.165, 1.54) is 0 Å². The monoisotopic (exact) mass is 307 g/mol. The van der Waals surface area contributed by atoms with E-state index in [0.29, 0.717) is 22.0 Å². The first-order valence-electron chi connectivity index (χ1n) is 5.93. The molecule has 0 unspecified atom stereocenters. The van der Waals surface area contributed by atoms with Gasteiger partial charge in [0.15, 0.2) is 0 Å². The summed E-state index contributed by atoms with van der Waals surface area (Å²) < 4.78 is 5.20. The molecule has 0 fully saturated rings. The van der Waals surface area contributed by atoms with Crippen LogP contribution in [0.4, 0.5) is 5.69 Å². The molecule has 104 valence electrons. The van der Waals surface area contributed by atoms with Crippen LogP contribution in [0.15, 0.2) is 47.4 Å². The summed E-state index contributed by atoms with van der Waals surface area (Å²) in [6.45, 7) is 0. The molecule has 0 bridgehead atoms. The summed E-state index contributed by atoms with van der Waals surface area (Å²) in [5.41, 5.74) is 1.14. The van der Waals surface area contributed by atoms with Gasteiger partial charge in [0.05, 0.1) is 12.8 Å². The SMILES string of the molecule is COc1ccc(Cl)cc1NC(=O)c1ccc(SC)cc1. The zero-order valence-corrected chi connectivity index (χ0v) is 12.7. The van der Waals surface area contributed by atoms with Crippen molar-refractivity contribution in [2.45, 2.75) is 4.90 Å². The Labute approximate surface area is 127 Å². The standard InChI is InChI=1S/C15H14ClNO2S/c1-19-14-8-5-11(16)9-13(14)17-15(18)10-3-6-12(20-2)7-4-10/h3-9H,1-2H3,(H,17,18). The minimum atomic E-state index is -0.196. The Morgan fingerprint density at radius 3 is 2.50 bits per heavy atom. The molecule has 5 heteroatoms. The first kappa shape index (κ1) is 14.8. The number of ether oxygens (including phenoxy) is 1. The normalized spacial score (nSPS) is 10.2. The summed E-state index contributed by atoms with van der Waals surface area (Å²) >= 11 is 7.57. The first-order chi connectivity index (χ1) is 9.63. The smallest absolute Gasteiger partial charge is 0.255 e. The molecule has 0 radical (unpaired) electrons. The Morgan fingerprint density at radius 1 is 1.20 bits per heavy atom. The van der Waals surface area contributed by atoms with Crippen molar-refractivity contribution in [1.82, 2.24) is 0 Å². The van der Waals surface area contributed by atoms with Crippen LogP contribution in [0.1, 0.15) is 10.4 Å². The van der Waals surface area contributed by atoms with Gasteiger partial charge in [0.2, 0.25) is 0 Å². The van der Waals surface area contributed by atoms with Crippen LogP contribution in [-0.4, -0.2) is 19.3 Å². The van der Waals surface area contributed by atoms with Gasteiger partial charge in [-0.25, -0.2) is 0 Å². The average Bonchev–Trinajstić information content (AvgIpc) is 2.47. The summed E-state index contributed by atoms with van der Waals surface area (Å²) in [7, 11) is 1.55. The third-order valence-corrected chi connectivity index (χ3v) is 3.74. The molecule has 20 heavy (non-hydrogen) atoms. The number of benzene rings is 2. The zero-order chi connectivity index (χ0) is 14.5. The Kier molecular flexibility index (Phi) is 4.93. The highest BCUT2D eigenvalue weighted by atomic mass is 35.5. The van der Waals surface area contributed by atoms with Gasteiger partial charge in [-0.15, -0.1) is 11.8 Å². The fourth-order valence-corrected chi connectivity index (χ4v) is 2.30. The Balaban J connectivity index is 2.20. The molecule has 0 saturated carbocycles. The van der Waals surface area contributed by atoms with Crippen molar-refractivity contribution >= 4 is 35.0 Å². The van der Waals surface area contributed by atoms with E-state index >= 15 is 0 Å². The van der Waals surface area contributed by atoms with Crippen molar-refractivity contribution in [1.29, 1.82) is 0 Å². The summed E-state index contributed by atoms with van der Waals surface area (Å²) in [5.74, 6) is 0.377. The summed E-state index contributed by atoms with van der Waals surface area (Å²) in [6.07, 6.45) is 1.99. The number of carbonyl (C=O) groups excluding carboxylic acids is 1. The molecule has 0 aliphatic heterocycles. The van der Waals surface area contributed by atoms with Gasteiger partial charge < -0.3 is 10.1 Å². The lowest BCUT2D eigenvalue weighted by Gasteiger charge is -2.10. The van der Waals surface area contributed by atoms with Gasteiger partial charge in [-0.1, -0.05) is 11.6 Å². The summed E-state index contributed by atoms with van der Waals surface area (Å²) in [5, 5.41) is 3.34. The molecule has 0 saturated heterocycles. The van der Waals surface area contributed by atoms with E-state index in [1.807, 2.05) is 18.4 Å². The number of carbonyl (C=O) groups is 1. The van der Waals surface area contributed by atoms with Gasteiger partial charge in [0, 0.05) is 15.5 Å². The van der Waals surface area contributed by atoms with Crippen molar-refractivity contribution < 1.29 is 9.53 Å². The minimum Gasteiger partial charge on any atom is -0.495 e. The van der Waals surface area contributed by atoms with Crippen LogP contribution < -0.4 is 10.1 Å². The second-order valence-corrected chi connectivity index (χ2v) is 5.34. The lowest BCUT2D eigenvalue weighted by atomic mass is 10.2. The molecule has 2 rings (SSSR count). The highest BCUT2D eigenvalue weighted by Crippen LogP contribution is 2.28. The Morgan fingerprint density at radius 2 is 1.90 bits per heavy atom. The van der Waals surface area contributed by atoms with Crippen molar-refractivity contribution in [2.24, 2.45) is 0 Å². The van der Waals surface area contributed by atoms with Crippen molar-refractivity contribution in [3.05, 3.63) is 53.1 Å². The Bertz CT molecular complexity index is 614. The van der Waals surface area contributed by atoms with Crippen LogP contribution in [-0.2, 0) is 0 Å². The Hall–Kier alpha value is -1.65. The predicted molar refractivity (Wildman–Crippen MR) is 84.2 cm³/mol. The summed E-state index contributed by atoms with van der Waals surface area (Å²) in [4.78, 5) is 13.3. The number of rotatable bonds is 4. The minimum absolute atomic E-state index is 0.196. The van der Waals surface area contributed by atoms with Gasteiger partial charge in [0.25, 0.3) is 5.91 Å². The zero-order valence-electron chi connectivity index (χ0n) is 11.1. The molecule has 0 heterocycles. The van der Waals surface area contributed by atoms with Crippen molar-refractivity contribution in [3.63, 3.8) is 0 Å². The fourth-order valence-electron chi connectivity index (χ4n) is 1.71. The van der Waals surface area contributed by atoms with Gasteiger partial charge >= 0.3 is 0 Å². The average molecular weight is 308 g/mol. The van der Waals surface area contributed by atoms with Crippen molar-refractivity contribution in [2.75, 3.05) is 18.7 Å². The van der Waals surface area contributed by atoms with Gasteiger partial charge in [-0.2, -0.15) is 0 Å². The molecule has 1 N–H and O–H groups in total. The molecular formula is C15H14ClNO2S. The topological polar surface area (TPSA) is 38.3 Å². The van der Waals surface area contributed by atoms with E-state index in [-0.39, 0.29) is 5.91 Å². The molecule has 3 nitrogen and oxygen atoms in total. The highest BCUT2D eigenvalue weighted by Gasteiger charge is 2.10. The number of anilines is 1. The maximum absolute atomic E-state index is 12.2. The van der Waals surface area contributed by atoms with E-state index in [2.05, 4.69) is 5.32 Å². The second kappa shape index (κ2) is 6.68. The van der Waals surface area contributed by atoms with Gasteiger partial charge in [-0.05, 0) is 48.7 Å². The third kappa shape index (κ3) is 3.46. The van der Waals surface area contributed by atoms with Crippen molar-refractivity contribution in [3.8, 4) is 5.75 Å². The highest BCUT2D eigenvalue weighted by molar-refractivity contribution is 7.98. The molecule has 1 amide bonds. The molecule has 2 aromatic rings. The van der Waals surface area contributed by atoms with Gasteiger partial charge in [0.1, 0.15) is 5.75 Å². The van der Waals surface area contributed by atoms with Crippen LogP contribution in [0.25, 0.3) is 0 Å². The van der Waals surface area contributed by atoms with E-state index in [1.54, 1.807) is 49.2 Å². The number of hydrogen-bond acceptors (Lipinski definition) is 3. The number of nitrogens with one attached hydrogen (secondary N) is 1. The van der Waals surface area contributed by atoms with Crippen LogP contribution in [0.2, 0.25) is 5.02 Å². The second-order valence-electron chi connectivity index (χ2n) is 4.03. The van der Waals surface area contributed by atoms with E-state index < -0.39 is 0 Å². The molecule has 0 spiro atoms. The number of hydrogen-bond donors (Lipinski definition) is 1. The van der Waals surface area contributed by atoms with Crippen LogP contribution in [0.3, 0.4) is 0 Å². The third-order valence-electron chi connectivity index (χ3n) is 2.76. The molecule has 0 atom stereocenters. The van der Waals surface area contributed by atoms with E-state index in [4.69, 9.17) is 16.3 Å². The predicted octanol–water partition coefficient (Wildman–Crippen LogP) is 4.32. The maximum atomic E-state index is 12.2. The molecule has 0 aliphatic carbocycles. The molecular weight excluding hydrogens is 294 g/mol. The largest absolute Gasteiger partial charge is 0.495 e. The van der Waals surface area contributed by atoms with E-state index in [9.17, 15) is 4.79 Å². The number of amides is 1. The fraction of sp³-hybridized carbons (Fsp3) is 0.133.